The van der Waals surface area contributed by atoms with Crippen LogP contribution in [0.5, 0.6) is 0 Å². The first-order valence-electron chi connectivity index (χ1n) is 5.79. The molecule has 0 spiro atoms. The Morgan fingerprint density at radius 3 is 3.26 bits per heavy atom. The molecule has 1 aliphatic heterocycles. The summed E-state index contributed by atoms with van der Waals surface area (Å²) in [6.07, 6.45) is 3.04. The van der Waals surface area contributed by atoms with Gasteiger partial charge in [-0.05, 0) is 0 Å². The van der Waals surface area contributed by atoms with Gasteiger partial charge in [0.2, 0.25) is 0 Å². The first-order valence-corrected chi connectivity index (χ1v) is 8.44. The maximum absolute atomic E-state index is 12.1. The van der Waals surface area contributed by atoms with Crippen molar-refractivity contribution in [3.8, 4) is 0 Å². The molecule has 0 bridgehead atoms. The number of hydrogen-bond donors (Lipinski definition) is 1. The van der Waals surface area contributed by atoms with Gasteiger partial charge in [-0.2, -0.15) is 0 Å². The zero-order valence-corrected chi connectivity index (χ0v) is 15.3. The third kappa shape index (κ3) is 2.53. The Labute approximate surface area is 129 Å². The third-order valence-electron chi connectivity index (χ3n) is 3.03. The summed E-state index contributed by atoms with van der Waals surface area (Å²) in [5.74, 6) is 0.165. The molecule has 1 saturated heterocycles. The average molecular weight is 472 g/mol. The second-order valence-electron chi connectivity index (χ2n) is 4.28. The summed E-state index contributed by atoms with van der Waals surface area (Å²) < 4.78 is 13.4. The second-order valence-corrected chi connectivity index (χ2v) is 6.57. The van der Waals surface area contributed by atoms with Crippen molar-refractivity contribution in [1.82, 2.24) is 14.5 Å². The van der Waals surface area contributed by atoms with E-state index in [1.807, 2.05) is 0 Å². The van der Waals surface area contributed by atoms with E-state index in [0.717, 1.165) is 28.9 Å². The quantitative estimate of drug-likeness (QED) is 0.644. The number of nitrogens with zero attached hydrogens (tertiary/aromatic N) is 3. The Morgan fingerprint density at radius 2 is 2.47 bits per heavy atom. The zero-order chi connectivity index (χ0) is 13.4. The minimum atomic E-state index is -0.277. The first kappa shape index (κ1) is 13.4. The fourth-order valence-electron chi connectivity index (χ4n) is 2.21. The van der Waals surface area contributed by atoms with Gasteiger partial charge in [0.25, 0.3) is 0 Å². The van der Waals surface area contributed by atoms with Crippen molar-refractivity contribution in [2.45, 2.75) is 25.2 Å². The van der Waals surface area contributed by atoms with Crippen LogP contribution in [-0.2, 0) is 7.42 Å². The van der Waals surface area contributed by atoms with Crippen molar-refractivity contribution >= 4 is 53.9 Å². The molecule has 0 aliphatic carbocycles. The molecular weight excluding hydrogens is 461 g/mol. The van der Waals surface area contributed by atoms with Gasteiger partial charge in [-0.25, -0.2) is 0 Å². The molecule has 2 atom stereocenters. The van der Waals surface area contributed by atoms with Crippen LogP contribution in [-0.4, -0.2) is 53.5 Å². The molecule has 1 fully saturated rings. The van der Waals surface area contributed by atoms with Gasteiger partial charge >= 0.3 is 129 Å². The molecule has 2 aromatic heterocycles. The topological polar surface area (TPSA) is 92.3 Å². The molecule has 19 heavy (non-hydrogen) atoms. The van der Waals surface area contributed by atoms with E-state index in [9.17, 15) is 4.79 Å². The van der Waals surface area contributed by atoms with Crippen LogP contribution in [0.25, 0.3) is 10.3 Å². The van der Waals surface area contributed by atoms with Gasteiger partial charge in [-0.1, -0.05) is 0 Å². The number of ether oxygens (including phenoxy) is 1. The summed E-state index contributed by atoms with van der Waals surface area (Å²) in [4.78, 5) is 20.0. The third-order valence-corrected chi connectivity index (χ3v) is 4.66. The Kier molecular flexibility index (Phi) is 3.82. The van der Waals surface area contributed by atoms with Gasteiger partial charge in [0.05, 0.1) is 0 Å². The molecular formula is C10H11N4O3STl. The van der Waals surface area contributed by atoms with Crippen molar-refractivity contribution in [3.63, 3.8) is 0 Å². The molecule has 0 radical (unpaired) electrons. The van der Waals surface area contributed by atoms with Gasteiger partial charge in [0.15, 0.2) is 0 Å². The van der Waals surface area contributed by atoms with Gasteiger partial charge in [0.1, 0.15) is 0 Å². The monoisotopic (exact) mass is 472 g/mol. The van der Waals surface area contributed by atoms with Gasteiger partial charge in [-0.3, -0.25) is 0 Å². The SMILES string of the molecule is Nc1ncc2sc(=O)n(C3CCC(C[O][Tl])O3)c2n1. The fraction of sp³-hybridized carbons (Fsp3) is 0.500. The van der Waals surface area contributed by atoms with Crippen LogP contribution in [0.2, 0.25) is 0 Å². The molecule has 0 aromatic carbocycles. The normalized spacial score (nSPS) is 23.1. The molecule has 3 rings (SSSR count). The van der Waals surface area contributed by atoms with E-state index in [-0.39, 0.29) is 23.2 Å². The van der Waals surface area contributed by atoms with E-state index in [1.165, 1.54) is 0 Å². The predicted molar refractivity (Wildman–Crippen MR) is 70.9 cm³/mol. The fourth-order valence-corrected chi connectivity index (χ4v) is 3.88. The molecule has 2 N–H and O–H groups in total. The Balaban J connectivity index is 1.99. The van der Waals surface area contributed by atoms with Crippen LogP contribution in [0, 0.1) is 0 Å². The molecule has 0 amide bonds. The van der Waals surface area contributed by atoms with Crippen LogP contribution in [0.3, 0.4) is 0 Å². The van der Waals surface area contributed by atoms with Crippen LogP contribution in [0.15, 0.2) is 11.0 Å². The van der Waals surface area contributed by atoms with E-state index >= 15 is 0 Å². The number of hydrogen-bond acceptors (Lipinski definition) is 7. The minimum absolute atomic E-state index is 0.0658. The van der Waals surface area contributed by atoms with Crippen molar-refractivity contribution in [1.29, 1.82) is 0 Å². The summed E-state index contributed by atoms with van der Waals surface area (Å²) in [6.45, 7) is 0.606. The van der Waals surface area contributed by atoms with Crippen molar-refractivity contribution in [2.75, 3.05) is 12.3 Å². The maximum atomic E-state index is 12.1. The summed E-state index contributed by atoms with van der Waals surface area (Å²) in [6, 6.07) is 0. The van der Waals surface area contributed by atoms with Crippen molar-refractivity contribution < 1.29 is 7.42 Å². The Hall–Kier alpha value is -0.588. The summed E-state index contributed by atoms with van der Waals surface area (Å²) in [5, 5.41) is 0. The van der Waals surface area contributed by atoms with Crippen molar-refractivity contribution in [3.05, 3.63) is 15.9 Å². The first-order chi connectivity index (χ1) is 9.19. The second kappa shape index (κ2) is 5.42. The standard InChI is InChI=1S/C10H11N4O3S.Tl/c11-9-12-3-6-8(13-9)14(10(16)18-6)7-2-1-5(4-15)17-7;/h3,5,7H,1-2,4H2,(H2,11,12,13);/q-1;+1. The van der Waals surface area contributed by atoms with Crippen LogP contribution >= 0.6 is 11.3 Å². The summed E-state index contributed by atoms with van der Waals surface area (Å²) in [5.41, 5.74) is 6.14. The number of rotatable bonds is 3. The Bertz CT molecular complexity index is 658. The van der Waals surface area contributed by atoms with Gasteiger partial charge in [0, 0.05) is 0 Å². The number of nitrogens with two attached hydrogens (primary N) is 1. The molecule has 98 valence electrons. The van der Waals surface area contributed by atoms with Gasteiger partial charge in [-0.15, -0.1) is 0 Å². The molecule has 9 heteroatoms. The molecule has 2 aromatic rings. The zero-order valence-electron chi connectivity index (χ0n) is 9.98. The van der Waals surface area contributed by atoms with Crippen LogP contribution < -0.4 is 10.6 Å². The number of nitrogen functional groups attached to an aromatic ring is 1. The molecule has 2 unspecified atom stereocenters. The van der Waals surface area contributed by atoms with E-state index in [4.69, 9.17) is 13.2 Å². The van der Waals surface area contributed by atoms with Gasteiger partial charge < -0.3 is 0 Å². The number of fused-ring (bicyclic) bond motifs is 1. The predicted octanol–water partition coefficient (Wildman–Crippen LogP) is 0.213. The molecule has 1 aliphatic rings. The van der Waals surface area contributed by atoms with Crippen LogP contribution in [0.4, 0.5) is 5.95 Å². The van der Waals surface area contributed by atoms with E-state index in [2.05, 4.69) is 9.97 Å². The summed E-state index contributed by atoms with van der Waals surface area (Å²) >= 11 is 1.62. The Morgan fingerprint density at radius 1 is 1.63 bits per heavy atom. The van der Waals surface area contributed by atoms with E-state index in [1.54, 1.807) is 10.8 Å². The van der Waals surface area contributed by atoms with E-state index in [0.29, 0.717) is 38.5 Å². The average Bonchev–Trinajstić information content (AvgIpc) is 2.93. The van der Waals surface area contributed by atoms with Crippen LogP contribution in [0.1, 0.15) is 19.1 Å². The number of thiazole rings is 1. The van der Waals surface area contributed by atoms with E-state index < -0.39 is 0 Å². The summed E-state index contributed by atoms with van der Waals surface area (Å²) in [7, 11) is 0. The molecule has 0 saturated carbocycles. The van der Waals surface area contributed by atoms with Crippen molar-refractivity contribution in [2.24, 2.45) is 0 Å². The molecule has 3 heterocycles. The number of aromatic nitrogens is 3. The molecule has 7 nitrogen and oxygen atoms in total. The number of anilines is 1.